The van der Waals surface area contributed by atoms with Crippen molar-refractivity contribution in [3.05, 3.63) is 65.1 Å². The van der Waals surface area contributed by atoms with Gasteiger partial charge in [-0.05, 0) is 35.9 Å². The van der Waals surface area contributed by atoms with Gasteiger partial charge in [0.2, 0.25) is 5.91 Å². The van der Waals surface area contributed by atoms with Crippen LogP contribution in [0.4, 0.5) is 10.2 Å². The highest BCUT2D eigenvalue weighted by molar-refractivity contribution is 6.30. The van der Waals surface area contributed by atoms with Crippen LogP contribution in [0.25, 0.3) is 6.08 Å². The quantitative estimate of drug-likeness (QED) is 0.872. The summed E-state index contributed by atoms with van der Waals surface area (Å²) in [5, 5.41) is 3.04. The lowest BCUT2D eigenvalue weighted by molar-refractivity contribution is -0.111. The number of anilines is 1. The average molecular weight is 277 g/mol. The molecule has 0 unspecified atom stereocenters. The highest BCUT2D eigenvalue weighted by Crippen LogP contribution is 2.12. The van der Waals surface area contributed by atoms with Crippen molar-refractivity contribution in [1.82, 2.24) is 4.98 Å². The number of nitrogens with zero attached hydrogens (tertiary/aromatic N) is 1. The van der Waals surface area contributed by atoms with Crippen molar-refractivity contribution in [2.75, 3.05) is 5.32 Å². The fraction of sp³-hybridized carbons (Fsp3) is 0. The second-order valence-electron chi connectivity index (χ2n) is 3.74. The Kier molecular flexibility index (Phi) is 4.26. The summed E-state index contributed by atoms with van der Waals surface area (Å²) in [4.78, 5) is 15.5. The van der Waals surface area contributed by atoms with Crippen molar-refractivity contribution in [2.24, 2.45) is 0 Å². The first kappa shape index (κ1) is 13.2. The van der Waals surface area contributed by atoms with Crippen molar-refractivity contribution in [3.8, 4) is 0 Å². The molecule has 0 radical (unpaired) electrons. The maximum atomic E-state index is 12.9. The van der Waals surface area contributed by atoms with Gasteiger partial charge in [0.15, 0.2) is 0 Å². The molecule has 3 nitrogen and oxygen atoms in total. The summed E-state index contributed by atoms with van der Waals surface area (Å²) >= 11 is 5.77. The highest BCUT2D eigenvalue weighted by atomic mass is 35.5. The molecule has 1 aromatic carbocycles. The van der Waals surface area contributed by atoms with Crippen LogP contribution in [-0.4, -0.2) is 10.9 Å². The number of hydrogen-bond acceptors (Lipinski definition) is 2. The molecule has 0 aliphatic rings. The molecule has 96 valence electrons. The van der Waals surface area contributed by atoms with E-state index in [9.17, 15) is 9.18 Å². The average Bonchev–Trinajstić information content (AvgIpc) is 2.36. The van der Waals surface area contributed by atoms with Gasteiger partial charge in [-0.3, -0.25) is 4.79 Å². The van der Waals surface area contributed by atoms with Gasteiger partial charge < -0.3 is 5.32 Å². The molecule has 0 spiro atoms. The molecule has 0 saturated carbocycles. The van der Waals surface area contributed by atoms with E-state index in [1.54, 1.807) is 18.2 Å². The zero-order valence-corrected chi connectivity index (χ0v) is 10.6. The van der Waals surface area contributed by atoms with Gasteiger partial charge in [0.25, 0.3) is 0 Å². The first-order chi connectivity index (χ1) is 9.13. The predicted octanol–water partition coefficient (Wildman–Crippen LogP) is 3.53. The number of halogens is 2. The third-order valence-electron chi connectivity index (χ3n) is 2.25. The number of nitrogens with one attached hydrogen (secondary N) is 1. The Hall–Kier alpha value is -2.20. The van der Waals surface area contributed by atoms with E-state index in [1.165, 1.54) is 36.5 Å². The van der Waals surface area contributed by atoms with Crippen LogP contribution in [0.5, 0.6) is 0 Å². The summed E-state index contributed by atoms with van der Waals surface area (Å²) in [5.74, 6) is -0.348. The fourth-order valence-corrected chi connectivity index (χ4v) is 1.58. The van der Waals surface area contributed by atoms with Crippen molar-refractivity contribution in [1.29, 1.82) is 0 Å². The van der Waals surface area contributed by atoms with Crippen molar-refractivity contribution in [2.45, 2.75) is 0 Å². The second-order valence-corrected chi connectivity index (χ2v) is 4.17. The number of rotatable bonds is 3. The molecule has 1 heterocycles. The normalized spacial score (nSPS) is 10.6. The Labute approximate surface area is 114 Å². The Balaban J connectivity index is 2.01. The van der Waals surface area contributed by atoms with Crippen LogP contribution >= 0.6 is 11.6 Å². The van der Waals surface area contributed by atoms with E-state index in [0.29, 0.717) is 16.4 Å². The van der Waals surface area contributed by atoms with Crippen LogP contribution in [0.2, 0.25) is 5.02 Å². The predicted molar refractivity (Wildman–Crippen MR) is 73.3 cm³/mol. The van der Waals surface area contributed by atoms with E-state index in [-0.39, 0.29) is 11.7 Å². The Bertz CT molecular complexity index is 628. The zero-order chi connectivity index (χ0) is 13.7. The molecule has 0 aliphatic carbocycles. The molecule has 0 saturated heterocycles. The fourth-order valence-electron chi connectivity index (χ4n) is 1.42. The number of benzene rings is 1. The minimum absolute atomic E-state index is 0.348. The SMILES string of the molecule is O=C(/C=C/c1cccc(F)c1)Nc1cc(Cl)ccn1. The molecule has 2 rings (SSSR count). The molecular weight excluding hydrogens is 267 g/mol. The number of carbonyl (C=O) groups excluding carboxylic acids is 1. The first-order valence-corrected chi connectivity index (χ1v) is 5.87. The van der Waals surface area contributed by atoms with Gasteiger partial charge in [0.1, 0.15) is 11.6 Å². The summed E-state index contributed by atoms with van der Waals surface area (Å²) in [6.07, 6.45) is 4.31. The lowest BCUT2D eigenvalue weighted by atomic mass is 10.2. The summed E-state index contributed by atoms with van der Waals surface area (Å²) in [6.45, 7) is 0. The topological polar surface area (TPSA) is 42.0 Å². The minimum Gasteiger partial charge on any atom is -0.307 e. The smallest absolute Gasteiger partial charge is 0.249 e. The van der Waals surface area contributed by atoms with Crippen molar-refractivity contribution in [3.63, 3.8) is 0 Å². The van der Waals surface area contributed by atoms with E-state index in [2.05, 4.69) is 10.3 Å². The van der Waals surface area contributed by atoms with Crippen molar-refractivity contribution >= 4 is 29.4 Å². The van der Waals surface area contributed by atoms with E-state index in [4.69, 9.17) is 11.6 Å². The van der Waals surface area contributed by atoms with Gasteiger partial charge in [-0.2, -0.15) is 0 Å². The molecule has 0 bridgehead atoms. The van der Waals surface area contributed by atoms with E-state index < -0.39 is 0 Å². The lowest BCUT2D eigenvalue weighted by Crippen LogP contribution is -2.08. The summed E-state index contributed by atoms with van der Waals surface area (Å²) in [5.41, 5.74) is 0.606. The van der Waals surface area contributed by atoms with Crippen LogP contribution in [0, 0.1) is 5.82 Å². The third kappa shape index (κ3) is 4.19. The van der Waals surface area contributed by atoms with Gasteiger partial charge in [-0.1, -0.05) is 23.7 Å². The number of aromatic nitrogens is 1. The second kappa shape index (κ2) is 6.11. The molecule has 19 heavy (non-hydrogen) atoms. The summed E-state index contributed by atoms with van der Waals surface area (Å²) in [7, 11) is 0. The Morgan fingerprint density at radius 2 is 2.16 bits per heavy atom. The van der Waals surface area contributed by atoms with Crippen LogP contribution in [0.3, 0.4) is 0 Å². The summed E-state index contributed by atoms with van der Waals surface area (Å²) in [6, 6.07) is 9.10. The van der Waals surface area contributed by atoms with Crippen LogP contribution in [0.1, 0.15) is 5.56 Å². The molecule has 0 atom stereocenters. The largest absolute Gasteiger partial charge is 0.307 e. The minimum atomic E-state index is -0.362. The van der Waals surface area contributed by atoms with E-state index in [1.807, 2.05) is 0 Å². The lowest BCUT2D eigenvalue weighted by Gasteiger charge is -2.00. The molecule has 0 fully saturated rings. The van der Waals surface area contributed by atoms with Crippen LogP contribution < -0.4 is 5.32 Å². The van der Waals surface area contributed by atoms with Gasteiger partial charge in [-0.15, -0.1) is 0 Å². The Morgan fingerprint density at radius 3 is 2.89 bits per heavy atom. The molecule has 1 amide bonds. The van der Waals surface area contributed by atoms with E-state index in [0.717, 1.165) is 0 Å². The van der Waals surface area contributed by atoms with Crippen LogP contribution in [-0.2, 0) is 4.79 Å². The molecule has 1 aromatic heterocycles. The maximum absolute atomic E-state index is 12.9. The zero-order valence-electron chi connectivity index (χ0n) is 9.81. The molecule has 1 N–H and O–H groups in total. The number of amides is 1. The third-order valence-corrected chi connectivity index (χ3v) is 2.48. The highest BCUT2D eigenvalue weighted by Gasteiger charge is 1.99. The standard InChI is InChI=1S/C14H10ClFN2O/c15-11-6-7-17-13(9-11)18-14(19)5-4-10-2-1-3-12(16)8-10/h1-9H,(H,17,18,19)/b5-4+. The van der Waals surface area contributed by atoms with Gasteiger partial charge >= 0.3 is 0 Å². The molecule has 0 aliphatic heterocycles. The monoisotopic (exact) mass is 276 g/mol. The molecule has 2 aromatic rings. The molecule has 5 heteroatoms. The number of carbonyl (C=O) groups is 1. The summed E-state index contributed by atoms with van der Waals surface area (Å²) < 4.78 is 12.9. The van der Waals surface area contributed by atoms with Gasteiger partial charge in [0.05, 0.1) is 0 Å². The van der Waals surface area contributed by atoms with Crippen LogP contribution in [0.15, 0.2) is 48.7 Å². The van der Waals surface area contributed by atoms with Crippen molar-refractivity contribution < 1.29 is 9.18 Å². The van der Waals surface area contributed by atoms with E-state index >= 15 is 0 Å². The first-order valence-electron chi connectivity index (χ1n) is 5.50. The van der Waals surface area contributed by atoms with Gasteiger partial charge in [0, 0.05) is 17.3 Å². The number of hydrogen-bond donors (Lipinski definition) is 1. The Morgan fingerprint density at radius 1 is 1.32 bits per heavy atom. The van der Waals surface area contributed by atoms with Gasteiger partial charge in [-0.25, -0.2) is 9.37 Å². The molecular formula is C14H10ClFN2O. The maximum Gasteiger partial charge on any atom is 0.249 e. The number of pyridine rings is 1.